The molecule has 1 atom stereocenters. The van der Waals surface area contributed by atoms with E-state index in [4.69, 9.17) is 0 Å². The van der Waals surface area contributed by atoms with Gasteiger partial charge in [-0.3, -0.25) is 0 Å². The van der Waals surface area contributed by atoms with E-state index in [1.165, 1.54) is 0 Å². The summed E-state index contributed by atoms with van der Waals surface area (Å²) in [7, 11) is 0. The zero-order chi connectivity index (χ0) is 8.27. The summed E-state index contributed by atoms with van der Waals surface area (Å²) in [6.07, 6.45) is 0.831. The molecule has 1 rings (SSSR count). The highest BCUT2D eigenvalue weighted by Crippen LogP contribution is 2.17. The number of hydrogen-bond donors (Lipinski definition) is 1. The molecule has 11 heavy (non-hydrogen) atoms. The minimum Gasteiger partial charge on any atom is -0.302 e. The fourth-order valence-corrected chi connectivity index (χ4v) is 1.09. The van der Waals surface area contributed by atoms with Crippen molar-refractivity contribution in [2.75, 3.05) is 0 Å². The van der Waals surface area contributed by atoms with Crippen LogP contribution in [0.1, 0.15) is 16.4 Å². The Bertz CT molecular complexity index is 257. The first-order chi connectivity index (χ1) is 5.24. The van der Waals surface area contributed by atoms with E-state index < -0.39 is 0 Å². The first kappa shape index (κ1) is 8.34. The largest absolute Gasteiger partial charge is 0.302 e. The van der Waals surface area contributed by atoms with Gasteiger partial charge in [-0.25, -0.2) is 0 Å². The summed E-state index contributed by atoms with van der Waals surface area (Å²) in [6.45, 7) is 1.99. The van der Waals surface area contributed by atoms with Crippen molar-refractivity contribution in [1.82, 2.24) is 0 Å². The molecule has 0 saturated heterocycles. The van der Waals surface area contributed by atoms with Crippen molar-refractivity contribution in [3.05, 3.63) is 35.4 Å². The smallest absolute Gasteiger partial charge is 0.137 e. The highest BCUT2D eigenvalue weighted by Gasteiger charge is 2.02. The van der Waals surface area contributed by atoms with Crippen molar-refractivity contribution in [3.63, 3.8) is 0 Å². The normalized spacial score (nSPS) is 12.5. The molecule has 1 aromatic carbocycles. The molecule has 0 amide bonds. The van der Waals surface area contributed by atoms with Gasteiger partial charge in [0.05, 0.1) is 5.25 Å². The molecule has 0 saturated carbocycles. The molecule has 0 aliphatic carbocycles. The molecule has 0 heterocycles. The Kier molecular flexibility index (Phi) is 2.71. The zero-order valence-electron chi connectivity index (χ0n) is 6.32. The Morgan fingerprint density at radius 2 is 2.27 bits per heavy atom. The minimum atomic E-state index is -0.283. The molecular weight excluding hydrogens is 156 g/mol. The lowest BCUT2D eigenvalue weighted by Gasteiger charge is -2.02. The third-order valence-corrected chi connectivity index (χ3v) is 1.93. The van der Waals surface area contributed by atoms with Gasteiger partial charge < -0.3 is 4.79 Å². The van der Waals surface area contributed by atoms with E-state index >= 15 is 0 Å². The van der Waals surface area contributed by atoms with Crippen LogP contribution < -0.4 is 0 Å². The molecule has 0 fully saturated rings. The van der Waals surface area contributed by atoms with Crippen LogP contribution in [0.3, 0.4) is 0 Å². The van der Waals surface area contributed by atoms with Crippen LogP contribution in [0.5, 0.6) is 0 Å². The highest BCUT2D eigenvalue weighted by atomic mass is 32.1. The van der Waals surface area contributed by atoms with E-state index in [0.29, 0.717) is 0 Å². The van der Waals surface area contributed by atoms with E-state index in [0.717, 1.165) is 17.4 Å². The number of rotatable bonds is 2. The van der Waals surface area contributed by atoms with Crippen LogP contribution in [0.25, 0.3) is 0 Å². The van der Waals surface area contributed by atoms with Crippen LogP contribution in [0, 0.1) is 6.92 Å². The second-order valence-corrected chi connectivity index (χ2v) is 3.05. The summed E-state index contributed by atoms with van der Waals surface area (Å²) >= 11 is 4.10. The molecule has 0 aliphatic heterocycles. The number of thiol groups is 1. The molecule has 1 nitrogen and oxygen atoms in total. The number of hydrogen-bond acceptors (Lipinski definition) is 2. The SMILES string of the molecule is Cc1cccc(C(S)C=O)c1. The molecule has 0 spiro atoms. The Morgan fingerprint density at radius 1 is 1.55 bits per heavy atom. The molecule has 0 aliphatic rings. The zero-order valence-corrected chi connectivity index (χ0v) is 7.21. The fraction of sp³-hybridized carbons (Fsp3) is 0.222. The summed E-state index contributed by atoms with van der Waals surface area (Å²) in [6, 6.07) is 7.79. The van der Waals surface area contributed by atoms with Crippen molar-refractivity contribution >= 4 is 18.9 Å². The van der Waals surface area contributed by atoms with Crippen molar-refractivity contribution in [2.24, 2.45) is 0 Å². The first-order valence-electron chi connectivity index (χ1n) is 3.44. The average Bonchev–Trinajstić information content (AvgIpc) is 2.03. The third-order valence-electron chi connectivity index (χ3n) is 1.51. The molecule has 0 bridgehead atoms. The van der Waals surface area contributed by atoms with Crippen molar-refractivity contribution in [1.29, 1.82) is 0 Å². The van der Waals surface area contributed by atoms with E-state index in [1.807, 2.05) is 31.2 Å². The van der Waals surface area contributed by atoms with Gasteiger partial charge in [0.1, 0.15) is 6.29 Å². The van der Waals surface area contributed by atoms with Gasteiger partial charge >= 0.3 is 0 Å². The summed E-state index contributed by atoms with van der Waals surface area (Å²) in [5.74, 6) is 0. The van der Waals surface area contributed by atoms with Crippen LogP contribution >= 0.6 is 12.6 Å². The molecule has 0 N–H and O–H groups in total. The molecule has 1 unspecified atom stereocenters. The lowest BCUT2D eigenvalue weighted by atomic mass is 10.1. The van der Waals surface area contributed by atoms with E-state index in [1.54, 1.807) is 0 Å². The Hall–Kier alpha value is -0.760. The second-order valence-electron chi connectivity index (χ2n) is 2.50. The van der Waals surface area contributed by atoms with Gasteiger partial charge in [-0.15, -0.1) is 0 Å². The van der Waals surface area contributed by atoms with Gasteiger partial charge in [0.25, 0.3) is 0 Å². The number of aryl methyl sites for hydroxylation is 1. The fourth-order valence-electron chi connectivity index (χ4n) is 0.933. The predicted octanol–water partition coefficient (Wildman–Crippen LogP) is 2.16. The molecule has 0 aromatic heterocycles. The number of benzene rings is 1. The summed E-state index contributed by atoms with van der Waals surface area (Å²) in [4.78, 5) is 10.3. The lowest BCUT2D eigenvalue weighted by Crippen LogP contribution is -1.90. The van der Waals surface area contributed by atoms with Crippen LogP contribution in [0.4, 0.5) is 0 Å². The van der Waals surface area contributed by atoms with Crippen LogP contribution in [-0.2, 0) is 4.79 Å². The Morgan fingerprint density at radius 3 is 2.82 bits per heavy atom. The van der Waals surface area contributed by atoms with E-state index in [9.17, 15) is 4.79 Å². The number of aldehydes is 1. The maximum atomic E-state index is 10.3. The van der Waals surface area contributed by atoms with Crippen LogP contribution in [0.15, 0.2) is 24.3 Å². The standard InChI is InChI=1S/C9H10OS/c1-7-3-2-4-8(5-7)9(11)6-10/h2-6,9,11H,1H3. The van der Waals surface area contributed by atoms with Gasteiger partial charge in [0.15, 0.2) is 0 Å². The first-order valence-corrected chi connectivity index (χ1v) is 3.95. The molecule has 0 radical (unpaired) electrons. The highest BCUT2D eigenvalue weighted by molar-refractivity contribution is 7.81. The second kappa shape index (κ2) is 3.58. The van der Waals surface area contributed by atoms with E-state index in [-0.39, 0.29) is 5.25 Å². The quantitative estimate of drug-likeness (QED) is 0.526. The van der Waals surface area contributed by atoms with Crippen molar-refractivity contribution < 1.29 is 4.79 Å². The van der Waals surface area contributed by atoms with Crippen LogP contribution in [-0.4, -0.2) is 6.29 Å². The number of carbonyl (C=O) groups is 1. The molecule has 2 heteroatoms. The summed E-state index contributed by atoms with van der Waals surface area (Å²) in [5.41, 5.74) is 2.12. The van der Waals surface area contributed by atoms with Crippen molar-refractivity contribution in [2.45, 2.75) is 12.2 Å². The lowest BCUT2D eigenvalue weighted by molar-refractivity contribution is -0.107. The molecule has 58 valence electrons. The van der Waals surface area contributed by atoms with E-state index in [2.05, 4.69) is 12.6 Å². The van der Waals surface area contributed by atoms with Gasteiger partial charge in [0, 0.05) is 0 Å². The maximum absolute atomic E-state index is 10.3. The molecular formula is C9H10OS. The van der Waals surface area contributed by atoms with Gasteiger partial charge in [-0.05, 0) is 12.5 Å². The van der Waals surface area contributed by atoms with Gasteiger partial charge in [-0.1, -0.05) is 29.8 Å². The topological polar surface area (TPSA) is 17.1 Å². The van der Waals surface area contributed by atoms with Crippen LogP contribution in [0.2, 0.25) is 0 Å². The summed E-state index contributed by atoms with van der Waals surface area (Å²) < 4.78 is 0. The van der Waals surface area contributed by atoms with Crippen molar-refractivity contribution in [3.8, 4) is 0 Å². The van der Waals surface area contributed by atoms with Gasteiger partial charge in [-0.2, -0.15) is 12.6 Å². The predicted molar refractivity (Wildman–Crippen MR) is 49.0 cm³/mol. The monoisotopic (exact) mass is 166 g/mol. The third kappa shape index (κ3) is 2.09. The Labute approximate surface area is 71.8 Å². The summed E-state index contributed by atoms with van der Waals surface area (Å²) in [5, 5.41) is -0.283. The minimum absolute atomic E-state index is 0.283. The van der Waals surface area contributed by atoms with Gasteiger partial charge in [0.2, 0.25) is 0 Å². The maximum Gasteiger partial charge on any atom is 0.137 e. The molecule has 1 aromatic rings. The average molecular weight is 166 g/mol. The number of carbonyl (C=O) groups excluding carboxylic acids is 1. The Balaban J connectivity index is 2.95.